The van der Waals surface area contributed by atoms with Crippen LogP contribution >= 0.6 is 0 Å². The highest BCUT2D eigenvalue weighted by Crippen LogP contribution is 2.32. The standard InChI is InChI=1S/C18H21BO.C17H16BF3O2.C17H19BO2/c1-14-4-6-15(7-5-14)8-9-16-10-11-17-3-2-12-19(20)18(17)13-16;19-17(20,21)15-4-2-1-3-13(15)7-5-12-6-8-14-9-10-23-18(22)16(14)11-12;1-13-3-2-4-14(11-13)5-6-15-7-8-16-9-10-20-18(19)17(16)12-15/h4-7,10-11,13,20H,2-3,8-9,12H2,1H3;1-4,6,8,11,22H,5,7,9-10H2;2-4,7-8,11-12,19H,5-6,9-10H2,1H3. The summed E-state index contributed by atoms with van der Waals surface area (Å²) in [5.41, 5.74) is 15.0. The van der Waals surface area contributed by atoms with Crippen molar-refractivity contribution in [1.82, 2.24) is 0 Å². The molecule has 0 bridgehead atoms. The molecule has 3 N–H and O–H groups in total. The first-order valence-corrected chi connectivity index (χ1v) is 22.3. The molecule has 0 fully saturated rings. The summed E-state index contributed by atoms with van der Waals surface area (Å²) in [7, 11) is -1.70. The lowest BCUT2D eigenvalue weighted by molar-refractivity contribution is -0.138. The molecule has 0 atom stereocenters. The topological polar surface area (TPSA) is 79.2 Å². The van der Waals surface area contributed by atoms with E-state index < -0.39 is 26.0 Å². The van der Waals surface area contributed by atoms with Gasteiger partial charge in [-0.2, -0.15) is 13.2 Å². The van der Waals surface area contributed by atoms with Crippen LogP contribution in [0.25, 0.3) is 0 Å². The first-order chi connectivity index (χ1) is 30.4. The van der Waals surface area contributed by atoms with Gasteiger partial charge in [0.05, 0.1) is 5.56 Å². The van der Waals surface area contributed by atoms with Gasteiger partial charge in [-0.1, -0.05) is 144 Å². The zero-order valence-corrected chi connectivity index (χ0v) is 36.3. The summed E-state index contributed by atoms with van der Waals surface area (Å²) in [5, 5.41) is 29.8. The average Bonchev–Trinajstić information content (AvgIpc) is 3.28. The molecule has 11 heteroatoms. The second kappa shape index (κ2) is 21.7. The molecule has 0 saturated heterocycles. The molecule has 3 heterocycles. The maximum Gasteiger partial charge on any atom is 0.491 e. The van der Waals surface area contributed by atoms with Gasteiger partial charge in [-0.25, -0.2) is 0 Å². The quantitative estimate of drug-likeness (QED) is 0.130. The number of benzene rings is 6. The van der Waals surface area contributed by atoms with E-state index in [0.717, 1.165) is 91.3 Å². The fourth-order valence-corrected chi connectivity index (χ4v) is 8.73. The highest BCUT2D eigenvalue weighted by atomic mass is 19.4. The van der Waals surface area contributed by atoms with Crippen LogP contribution in [0.3, 0.4) is 0 Å². The van der Waals surface area contributed by atoms with Gasteiger partial charge < -0.3 is 24.4 Å². The molecule has 0 aliphatic carbocycles. The molecule has 324 valence electrons. The van der Waals surface area contributed by atoms with Crippen molar-refractivity contribution in [3.63, 3.8) is 0 Å². The average molecular weight is 850 g/mol. The lowest BCUT2D eigenvalue weighted by atomic mass is 9.53. The van der Waals surface area contributed by atoms with Gasteiger partial charge in [0.15, 0.2) is 0 Å². The molecule has 0 saturated carbocycles. The van der Waals surface area contributed by atoms with E-state index in [0.29, 0.717) is 26.1 Å². The monoisotopic (exact) mass is 850 g/mol. The van der Waals surface area contributed by atoms with Crippen LogP contribution < -0.4 is 16.4 Å². The zero-order chi connectivity index (χ0) is 44.3. The van der Waals surface area contributed by atoms with Gasteiger partial charge in [0.2, 0.25) is 0 Å². The number of hydrogen-bond acceptors (Lipinski definition) is 5. The van der Waals surface area contributed by atoms with Gasteiger partial charge >= 0.3 is 27.3 Å². The van der Waals surface area contributed by atoms with Gasteiger partial charge in [-0.05, 0) is 145 Å². The van der Waals surface area contributed by atoms with Crippen LogP contribution in [0.5, 0.6) is 0 Å². The van der Waals surface area contributed by atoms with Gasteiger partial charge in [-0.3, -0.25) is 0 Å². The van der Waals surface area contributed by atoms with Crippen molar-refractivity contribution in [2.45, 2.75) is 90.6 Å². The van der Waals surface area contributed by atoms with Crippen molar-refractivity contribution < 1.29 is 37.6 Å². The summed E-state index contributed by atoms with van der Waals surface area (Å²) >= 11 is 0. The summed E-state index contributed by atoms with van der Waals surface area (Å²) in [6.07, 6.45) is 5.33. The minimum atomic E-state index is -4.34. The first-order valence-electron chi connectivity index (χ1n) is 22.3. The molecule has 63 heavy (non-hydrogen) atoms. The summed E-state index contributed by atoms with van der Waals surface area (Å²) in [6.45, 7) is 5.08. The molecule has 5 nitrogen and oxygen atoms in total. The largest absolute Gasteiger partial charge is 0.491 e. The summed E-state index contributed by atoms with van der Waals surface area (Å²) in [6, 6.07) is 41.8. The predicted molar refractivity (Wildman–Crippen MR) is 251 cm³/mol. The molecule has 3 aliphatic heterocycles. The summed E-state index contributed by atoms with van der Waals surface area (Å²) in [4.78, 5) is 0. The van der Waals surface area contributed by atoms with E-state index in [9.17, 15) is 28.2 Å². The number of fused-ring (bicyclic) bond motifs is 3. The van der Waals surface area contributed by atoms with E-state index in [4.69, 9.17) is 9.31 Å². The number of aryl methyl sites for hydroxylation is 9. The van der Waals surface area contributed by atoms with Gasteiger partial charge in [-0.15, -0.1) is 0 Å². The lowest BCUT2D eigenvalue weighted by Crippen LogP contribution is -2.41. The third kappa shape index (κ3) is 12.9. The van der Waals surface area contributed by atoms with Crippen molar-refractivity contribution in [3.8, 4) is 0 Å². The van der Waals surface area contributed by atoms with Crippen molar-refractivity contribution in [2.75, 3.05) is 13.2 Å². The molecule has 0 radical (unpaired) electrons. The summed E-state index contributed by atoms with van der Waals surface area (Å²) < 4.78 is 49.5. The zero-order valence-electron chi connectivity index (χ0n) is 36.3. The molecule has 6 aromatic carbocycles. The molecule has 3 aliphatic rings. The first kappa shape index (κ1) is 46.1. The number of alkyl halides is 3. The fraction of sp³-hybridized carbons (Fsp3) is 0.308. The van der Waals surface area contributed by atoms with Crippen LogP contribution in [0.4, 0.5) is 13.2 Å². The highest BCUT2D eigenvalue weighted by molar-refractivity contribution is 6.67. The Hall–Kier alpha value is -4.90. The molecular formula is C52H56B3F3O5. The maximum atomic E-state index is 13.0. The Labute approximate surface area is 371 Å². The molecule has 6 aromatic rings. The van der Waals surface area contributed by atoms with Crippen molar-refractivity contribution in [2.24, 2.45) is 0 Å². The van der Waals surface area contributed by atoms with Gasteiger partial charge in [0.25, 0.3) is 0 Å². The van der Waals surface area contributed by atoms with E-state index in [2.05, 4.69) is 98.8 Å². The highest BCUT2D eigenvalue weighted by Gasteiger charge is 2.33. The van der Waals surface area contributed by atoms with Crippen molar-refractivity contribution >= 4 is 37.5 Å². The third-order valence-corrected chi connectivity index (χ3v) is 12.4. The minimum absolute atomic E-state index is 0.252. The molecule has 0 spiro atoms. The van der Waals surface area contributed by atoms with Gasteiger partial charge in [0.1, 0.15) is 0 Å². The van der Waals surface area contributed by atoms with E-state index >= 15 is 0 Å². The normalized spacial score (nSPS) is 14.4. The van der Waals surface area contributed by atoms with Crippen LogP contribution in [0, 0.1) is 13.8 Å². The number of rotatable bonds is 9. The Morgan fingerprint density at radius 3 is 1.56 bits per heavy atom. The van der Waals surface area contributed by atoms with E-state index in [-0.39, 0.29) is 12.5 Å². The van der Waals surface area contributed by atoms with Crippen LogP contribution in [-0.4, -0.2) is 49.4 Å². The Kier molecular flexibility index (Phi) is 15.8. The minimum Gasteiger partial charge on any atom is -0.446 e. The van der Waals surface area contributed by atoms with Crippen LogP contribution in [0.1, 0.15) is 73.2 Å². The van der Waals surface area contributed by atoms with Crippen LogP contribution in [0.15, 0.2) is 127 Å². The molecule has 9 rings (SSSR count). The number of hydrogen-bond donors (Lipinski definition) is 3. The Balaban J connectivity index is 0.000000142. The van der Waals surface area contributed by atoms with Crippen molar-refractivity contribution in [1.29, 1.82) is 0 Å². The van der Waals surface area contributed by atoms with Crippen LogP contribution in [-0.2, 0) is 73.3 Å². The van der Waals surface area contributed by atoms with Crippen LogP contribution in [0.2, 0.25) is 6.32 Å². The van der Waals surface area contributed by atoms with Gasteiger partial charge in [0, 0.05) is 13.2 Å². The lowest BCUT2D eigenvalue weighted by Gasteiger charge is -2.20. The van der Waals surface area contributed by atoms with E-state index in [1.165, 1.54) is 56.6 Å². The smallest absolute Gasteiger partial charge is 0.446 e. The predicted octanol–water partition coefficient (Wildman–Crippen LogP) is 7.71. The SMILES string of the molecule is Cc1ccc(CCc2ccc3c(c2)B(O)CCC3)cc1.Cc1cccc(CCc2ccc3c(c2)B(O)OCC3)c1.OB1OCCc2ccc(CCc3ccccc3C(F)(F)F)cc21. The second-order valence-electron chi connectivity index (χ2n) is 17.1. The number of halogens is 3. The molecule has 0 amide bonds. The second-order valence-corrected chi connectivity index (χ2v) is 17.1. The van der Waals surface area contributed by atoms with Crippen molar-refractivity contribution in [3.05, 3.63) is 194 Å². The Morgan fingerprint density at radius 2 is 0.984 bits per heavy atom. The van der Waals surface area contributed by atoms with E-state index in [1.807, 2.05) is 18.2 Å². The third-order valence-electron chi connectivity index (χ3n) is 12.4. The summed E-state index contributed by atoms with van der Waals surface area (Å²) in [5.74, 6) is 0. The Morgan fingerprint density at radius 1 is 0.492 bits per heavy atom. The van der Waals surface area contributed by atoms with E-state index in [1.54, 1.807) is 6.07 Å². The fourth-order valence-electron chi connectivity index (χ4n) is 8.73. The molecular weight excluding hydrogens is 794 g/mol. The Bertz CT molecular complexity index is 2440. The molecule has 0 unspecified atom stereocenters. The molecule has 0 aromatic heterocycles. The maximum absolute atomic E-state index is 13.0.